The van der Waals surface area contributed by atoms with Gasteiger partial charge in [-0.2, -0.15) is 0 Å². The van der Waals surface area contributed by atoms with E-state index >= 15 is 0 Å². The second-order valence-electron chi connectivity index (χ2n) is 2.62. The first-order valence-corrected chi connectivity index (χ1v) is 6.72. The first kappa shape index (κ1) is 21.2. The first-order valence-electron chi connectivity index (χ1n) is 6.72. The van der Waals surface area contributed by atoms with Gasteiger partial charge in [0.15, 0.2) is 0 Å². The minimum absolute atomic E-state index is 0.805. The van der Waals surface area contributed by atoms with Gasteiger partial charge in [-0.3, -0.25) is 0 Å². The molecule has 0 aliphatic rings. The van der Waals surface area contributed by atoms with Gasteiger partial charge in [0.05, 0.1) is 0 Å². The van der Waals surface area contributed by atoms with Gasteiger partial charge in [-0.15, -0.1) is 0 Å². The Morgan fingerprint density at radius 2 is 1.31 bits per heavy atom. The maximum absolute atomic E-state index is 5.36. The average molecular weight is 235 g/mol. The summed E-state index contributed by atoms with van der Waals surface area (Å²) in [5.41, 5.74) is 0. The Bertz CT molecular complexity index is 70.3. The summed E-state index contributed by atoms with van der Waals surface area (Å²) in [4.78, 5) is 0. The van der Waals surface area contributed by atoms with Gasteiger partial charge in [-0.1, -0.05) is 27.7 Å². The molecule has 0 atom stereocenters. The molecule has 16 heavy (non-hydrogen) atoms. The Morgan fingerprint density at radius 3 is 1.81 bits per heavy atom. The van der Waals surface area contributed by atoms with Crippen molar-refractivity contribution in [3.63, 3.8) is 0 Å². The van der Waals surface area contributed by atoms with Crippen LogP contribution in [0.5, 0.6) is 0 Å². The van der Waals surface area contributed by atoms with Crippen molar-refractivity contribution in [1.82, 2.24) is 5.32 Å². The fourth-order valence-electron chi connectivity index (χ4n) is 0.860. The van der Waals surface area contributed by atoms with Crippen molar-refractivity contribution >= 4 is 0 Å². The number of ether oxygens (including phenoxy) is 2. The van der Waals surface area contributed by atoms with Crippen LogP contribution in [0.4, 0.5) is 0 Å². The molecule has 0 aliphatic heterocycles. The lowest BCUT2D eigenvalue weighted by molar-refractivity contribution is 0.0870. The Morgan fingerprint density at radius 1 is 0.812 bits per heavy atom. The predicted molar refractivity (Wildman–Crippen MR) is 73.2 cm³/mol. The summed E-state index contributed by atoms with van der Waals surface area (Å²) in [6.07, 6.45) is 2.10. The molecule has 0 amide bonds. The van der Waals surface area contributed by atoms with Crippen molar-refractivity contribution in [2.45, 2.75) is 47.5 Å². The van der Waals surface area contributed by atoms with Crippen molar-refractivity contribution in [2.24, 2.45) is 0 Å². The highest BCUT2D eigenvalue weighted by Crippen LogP contribution is 1.86. The van der Waals surface area contributed by atoms with Crippen molar-refractivity contribution in [2.75, 3.05) is 40.0 Å². The molecule has 0 aliphatic carbocycles. The van der Waals surface area contributed by atoms with Gasteiger partial charge in [0.1, 0.15) is 0 Å². The number of hydrogen-bond acceptors (Lipinski definition) is 3. The summed E-state index contributed by atoms with van der Waals surface area (Å²) in [5, 5.41) is 3.07. The summed E-state index contributed by atoms with van der Waals surface area (Å²) in [6, 6.07) is 0. The Labute approximate surface area is 103 Å². The topological polar surface area (TPSA) is 30.5 Å². The standard InChI is InChI=1S/C9H21NO2.2C2H6/c1-3-11-8-5-9-12-7-4-6-10-2;2*1-2/h10H,3-9H2,1-2H3;2*1-2H3. The molecule has 0 spiro atoms. The van der Waals surface area contributed by atoms with Gasteiger partial charge >= 0.3 is 0 Å². The van der Waals surface area contributed by atoms with Gasteiger partial charge in [-0.25, -0.2) is 0 Å². The molecule has 0 rings (SSSR count). The third kappa shape index (κ3) is 29.2. The summed E-state index contributed by atoms with van der Waals surface area (Å²) < 4.78 is 10.5. The van der Waals surface area contributed by atoms with Gasteiger partial charge < -0.3 is 14.8 Å². The van der Waals surface area contributed by atoms with E-state index in [-0.39, 0.29) is 0 Å². The van der Waals surface area contributed by atoms with E-state index in [9.17, 15) is 0 Å². The lowest BCUT2D eigenvalue weighted by Crippen LogP contribution is -2.11. The van der Waals surface area contributed by atoms with E-state index in [1.165, 1.54) is 0 Å². The quantitative estimate of drug-likeness (QED) is 0.623. The van der Waals surface area contributed by atoms with Crippen LogP contribution >= 0.6 is 0 Å². The maximum atomic E-state index is 5.36. The van der Waals surface area contributed by atoms with E-state index < -0.39 is 0 Å². The second-order valence-corrected chi connectivity index (χ2v) is 2.62. The Balaban J connectivity index is -0.000000376. The van der Waals surface area contributed by atoms with E-state index in [0.29, 0.717) is 0 Å². The van der Waals surface area contributed by atoms with Crippen molar-refractivity contribution in [3.8, 4) is 0 Å². The van der Waals surface area contributed by atoms with Gasteiger partial charge in [0, 0.05) is 26.4 Å². The van der Waals surface area contributed by atoms with Gasteiger partial charge in [0.25, 0.3) is 0 Å². The molecule has 0 saturated carbocycles. The molecule has 102 valence electrons. The molecular weight excluding hydrogens is 202 g/mol. The fourth-order valence-corrected chi connectivity index (χ4v) is 0.860. The van der Waals surface area contributed by atoms with Crippen LogP contribution in [0.15, 0.2) is 0 Å². The van der Waals surface area contributed by atoms with Crippen LogP contribution in [-0.4, -0.2) is 40.0 Å². The lowest BCUT2D eigenvalue weighted by Gasteiger charge is -2.03. The molecule has 0 saturated heterocycles. The van der Waals surface area contributed by atoms with Gasteiger partial charge in [0.2, 0.25) is 0 Å². The van der Waals surface area contributed by atoms with E-state index in [1.807, 2.05) is 41.7 Å². The minimum atomic E-state index is 0.805. The zero-order valence-corrected chi connectivity index (χ0v) is 12.3. The van der Waals surface area contributed by atoms with Crippen LogP contribution < -0.4 is 5.32 Å². The summed E-state index contributed by atoms with van der Waals surface area (Å²) in [7, 11) is 1.95. The van der Waals surface area contributed by atoms with E-state index in [1.54, 1.807) is 0 Å². The molecule has 0 aromatic rings. The van der Waals surface area contributed by atoms with E-state index in [2.05, 4.69) is 5.32 Å². The van der Waals surface area contributed by atoms with Crippen molar-refractivity contribution in [3.05, 3.63) is 0 Å². The molecule has 0 aromatic heterocycles. The van der Waals surface area contributed by atoms with Crippen molar-refractivity contribution in [1.29, 1.82) is 0 Å². The zero-order chi connectivity index (χ0) is 13.1. The molecule has 0 heterocycles. The highest BCUT2D eigenvalue weighted by Gasteiger charge is 1.88. The van der Waals surface area contributed by atoms with Crippen LogP contribution in [0.2, 0.25) is 0 Å². The number of hydrogen-bond donors (Lipinski definition) is 1. The third-order valence-electron chi connectivity index (χ3n) is 1.50. The maximum Gasteiger partial charge on any atom is 0.0487 e. The highest BCUT2D eigenvalue weighted by atomic mass is 16.5. The van der Waals surface area contributed by atoms with Gasteiger partial charge in [-0.05, 0) is 33.4 Å². The molecule has 0 fully saturated rings. The van der Waals surface area contributed by atoms with Crippen LogP contribution in [0, 0.1) is 0 Å². The Kier molecular flexibility index (Phi) is 38.9. The summed E-state index contributed by atoms with van der Waals surface area (Å²) in [5.74, 6) is 0. The molecule has 0 unspecified atom stereocenters. The molecule has 1 N–H and O–H groups in total. The molecule has 0 bridgehead atoms. The highest BCUT2D eigenvalue weighted by molar-refractivity contribution is 4.40. The molecular formula is C13H33NO2. The predicted octanol–water partition coefficient (Wildman–Crippen LogP) is 3.09. The second kappa shape index (κ2) is 29.4. The van der Waals surface area contributed by atoms with Crippen LogP contribution in [-0.2, 0) is 9.47 Å². The minimum Gasteiger partial charge on any atom is -0.382 e. The summed E-state index contributed by atoms with van der Waals surface area (Å²) >= 11 is 0. The van der Waals surface area contributed by atoms with Crippen LogP contribution in [0.1, 0.15) is 47.5 Å². The van der Waals surface area contributed by atoms with Crippen molar-refractivity contribution < 1.29 is 9.47 Å². The Hall–Kier alpha value is -0.120. The molecule has 0 aromatic carbocycles. The normalized spacial score (nSPS) is 8.62. The molecule has 3 nitrogen and oxygen atoms in total. The lowest BCUT2D eigenvalue weighted by atomic mass is 10.4. The fraction of sp³-hybridized carbons (Fsp3) is 1.00. The number of nitrogens with one attached hydrogen (secondary N) is 1. The smallest absolute Gasteiger partial charge is 0.0487 e. The van der Waals surface area contributed by atoms with E-state index in [4.69, 9.17) is 9.47 Å². The largest absolute Gasteiger partial charge is 0.382 e. The SMILES string of the molecule is CC.CC.CCOCCCOCCCNC. The number of rotatable bonds is 9. The van der Waals surface area contributed by atoms with Crippen LogP contribution in [0.3, 0.4) is 0 Å². The zero-order valence-electron chi connectivity index (χ0n) is 12.3. The molecule has 3 heteroatoms. The molecule has 0 radical (unpaired) electrons. The first-order chi connectivity index (χ1) is 7.91. The monoisotopic (exact) mass is 235 g/mol. The summed E-state index contributed by atoms with van der Waals surface area (Å²) in [6.45, 7) is 14.3. The van der Waals surface area contributed by atoms with Crippen LogP contribution in [0.25, 0.3) is 0 Å². The third-order valence-corrected chi connectivity index (χ3v) is 1.50. The average Bonchev–Trinajstić information content (AvgIpc) is 2.38. The van der Waals surface area contributed by atoms with E-state index in [0.717, 1.165) is 45.8 Å².